The fourth-order valence-electron chi connectivity index (χ4n) is 1.35. The predicted molar refractivity (Wildman–Crippen MR) is 75.8 cm³/mol. The van der Waals surface area contributed by atoms with Crippen LogP contribution in [0.25, 0.3) is 6.08 Å². The number of aryl methyl sites for hydroxylation is 1. The number of hydrogen-bond acceptors (Lipinski definition) is 5. The molecule has 1 rings (SSSR count). The van der Waals surface area contributed by atoms with Crippen molar-refractivity contribution in [2.45, 2.75) is 20.3 Å². The Kier molecular flexibility index (Phi) is 6.14. The Balaban J connectivity index is 2.47. The first-order valence-corrected chi connectivity index (χ1v) is 6.68. The molecule has 1 aromatic rings. The topological polar surface area (TPSA) is 51.2 Å². The lowest BCUT2D eigenvalue weighted by atomic mass is 10.3. The summed E-state index contributed by atoms with van der Waals surface area (Å²) in [4.78, 5) is 16.5. The Morgan fingerprint density at radius 3 is 3.00 bits per heavy atom. The van der Waals surface area contributed by atoms with Crippen molar-refractivity contribution in [1.82, 2.24) is 4.98 Å². The highest BCUT2D eigenvalue weighted by atomic mass is 32.1. The Morgan fingerprint density at radius 1 is 1.61 bits per heavy atom. The Morgan fingerprint density at radius 2 is 2.39 bits per heavy atom. The summed E-state index contributed by atoms with van der Waals surface area (Å²) in [5.41, 5.74) is 1.01. The number of anilines is 1. The highest BCUT2D eigenvalue weighted by Gasteiger charge is 2.06. The van der Waals surface area contributed by atoms with Gasteiger partial charge in [-0.3, -0.25) is 0 Å². The van der Waals surface area contributed by atoms with Crippen LogP contribution in [0.3, 0.4) is 0 Å². The van der Waals surface area contributed by atoms with Gasteiger partial charge in [0.25, 0.3) is 0 Å². The van der Waals surface area contributed by atoms with Gasteiger partial charge in [0.1, 0.15) is 6.61 Å². The number of thiazole rings is 1. The summed E-state index contributed by atoms with van der Waals surface area (Å²) < 4.78 is 4.87. The highest BCUT2D eigenvalue weighted by Crippen LogP contribution is 2.24. The molecule has 1 N–H and O–H groups in total. The maximum Gasteiger partial charge on any atom is 0.330 e. The minimum atomic E-state index is -0.403. The van der Waals surface area contributed by atoms with E-state index in [0.717, 1.165) is 23.3 Å². The Bertz CT molecular complexity index is 438. The molecule has 0 aliphatic rings. The van der Waals surface area contributed by atoms with Crippen LogP contribution in [0.15, 0.2) is 18.7 Å². The fourth-order valence-corrected chi connectivity index (χ4v) is 2.26. The number of esters is 1. The zero-order chi connectivity index (χ0) is 13.4. The first kappa shape index (κ1) is 14.4. The SMILES string of the molecule is C=CC(=O)OCCNc1nc(/C=C\C)c(CC)s1. The molecule has 0 aromatic carbocycles. The molecule has 0 radical (unpaired) electrons. The van der Waals surface area contributed by atoms with E-state index in [0.29, 0.717) is 13.2 Å². The molecule has 0 saturated heterocycles. The molecule has 5 heteroatoms. The quantitative estimate of drug-likeness (QED) is 0.468. The second-order valence-electron chi connectivity index (χ2n) is 3.48. The number of carbonyl (C=O) groups excluding carboxylic acids is 1. The van der Waals surface area contributed by atoms with E-state index in [1.54, 1.807) is 11.3 Å². The lowest BCUT2D eigenvalue weighted by molar-refractivity contribution is -0.137. The number of aromatic nitrogens is 1. The van der Waals surface area contributed by atoms with E-state index in [9.17, 15) is 4.79 Å². The molecular weight excluding hydrogens is 248 g/mol. The largest absolute Gasteiger partial charge is 0.461 e. The molecule has 1 heterocycles. The van der Waals surface area contributed by atoms with E-state index in [1.165, 1.54) is 4.88 Å². The summed E-state index contributed by atoms with van der Waals surface area (Å²) in [6.45, 7) is 8.27. The molecule has 0 spiro atoms. The van der Waals surface area contributed by atoms with Gasteiger partial charge < -0.3 is 10.1 Å². The van der Waals surface area contributed by atoms with Crippen molar-refractivity contribution >= 4 is 28.5 Å². The second kappa shape index (κ2) is 7.66. The van der Waals surface area contributed by atoms with Crippen LogP contribution in [0.2, 0.25) is 0 Å². The summed E-state index contributed by atoms with van der Waals surface area (Å²) in [6.07, 6.45) is 6.09. The molecule has 18 heavy (non-hydrogen) atoms. The van der Waals surface area contributed by atoms with Crippen molar-refractivity contribution in [2.75, 3.05) is 18.5 Å². The van der Waals surface area contributed by atoms with Gasteiger partial charge in [0.15, 0.2) is 5.13 Å². The van der Waals surface area contributed by atoms with Gasteiger partial charge >= 0.3 is 5.97 Å². The van der Waals surface area contributed by atoms with Crippen molar-refractivity contribution in [1.29, 1.82) is 0 Å². The van der Waals surface area contributed by atoms with Crippen LogP contribution in [0, 0.1) is 0 Å². The van der Waals surface area contributed by atoms with E-state index < -0.39 is 5.97 Å². The van der Waals surface area contributed by atoms with Gasteiger partial charge in [0, 0.05) is 11.0 Å². The fraction of sp³-hybridized carbons (Fsp3) is 0.385. The standard InChI is InChI=1S/C13H18N2O2S/c1-4-7-10-11(5-2)18-13(15-10)14-8-9-17-12(16)6-3/h4,6-7H,3,5,8-9H2,1-2H3,(H,14,15)/b7-4-. The number of allylic oxidation sites excluding steroid dienone is 1. The minimum Gasteiger partial charge on any atom is -0.461 e. The van der Waals surface area contributed by atoms with Crippen molar-refractivity contribution < 1.29 is 9.53 Å². The van der Waals surface area contributed by atoms with Crippen LogP contribution in [0.5, 0.6) is 0 Å². The molecule has 0 unspecified atom stereocenters. The maximum absolute atomic E-state index is 10.8. The van der Waals surface area contributed by atoms with E-state index in [4.69, 9.17) is 4.74 Å². The van der Waals surface area contributed by atoms with Crippen LogP contribution < -0.4 is 5.32 Å². The van der Waals surface area contributed by atoms with E-state index in [1.807, 2.05) is 19.1 Å². The number of rotatable bonds is 7. The third-order valence-electron chi connectivity index (χ3n) is 2.16. The predicted octanol–water partition coefficient (Wildman–Crippen LogP) is 2.88. The number of nitrogens with one attached hydrogen (secondary N) is 1. The van der Waals surface area contributed by atoms with Gasteiger partial charge in [-0.05, 0) is 19.4 Å². The van der Waals surface area contributed by atoms with Crippen molar-refractivity contribution in [3.8, 4) is 0 Å². The van der Waals surface area contributed by atoms with Gasteiger partial charge in [-0.25, -0.2) is 9.78 Å². The van der Waals surface area contributed by atoms with Gasteiger partial charge in [-0.2, -0.15) is 0 Å². The number of carbonyl (C=O) groups is 1. The molecule has 0 saturated carbocycles. The Labute approximate surface area is 111 Å². The Hall–Kier alpha value is -1.62. The smallest absolute Gasteiger partial charge is 0.330 e. The first-order valence-electron chi connectivity index (χ1n) is 5.86. The molecular formula is C13H18N2O2S. The molecule has 1 aromatic heterocycles. The lowest BCUT2D eigenvalue weighted by Crippen LogP contribution is -2.12. The monoisotopic (exact) mass is 266 g/mol. The summed E-state index contributed by atoms with van der Waals surface area (Å²) >= 11 is 1.63. The van der Waals surface area contributed by atoms with Gasteiger partial charge in [0.2, 0.25) is 0 Å². The molecule has 0 aliphatic heterocycles. The van der Waals surface area contributed by atoms with Crippen LogP contribution in [-0.4, -0.2) is 24.1 Å². The second-order valence-corrected chi connectivity index (χ2v) is 4.56. The molecule has 0 aliphatic carbocycles. The van der Waals surface area contributed by atoms with E-state index in [-0.39, 0.29) is 0 Å². The van der Waals surface area contributed by atoms with Crippen molar-refractivity contribution in [3.05, 3.63) is 29.3 Å². The minimum absolute atomic E-state index is 0.310. The number of nitrogens with zero attached hydrogens (tertiary/aromatic N) is 1. The van der Waals surface area contributed by atoms with Crippen LogP contribution in [0.1, 0.15) is 24.4 Å². The number of hydrogen-bond donors (Lipinski definition) is 1. The molecule has 0 fully saturated rings. The maximum atomic E-state index is 10.8. The van der Waals surface area contributed by atoms with Crippen LogP contribution in [0.4, 0.5) is 5.13 Å². The van der Waals surface area contributed by atoms with Crippen LogP contribution >= 0.6 is 11.3 Å². The first-order chi connectivity index (χ1) is 8.71. The normalized spacial score (nSPS) is 10.6. The van der Waals surface area contributed by atoms with Crippen molar-refractivity contribution in [3.63, 3.8) is 0 Å². The third kappa shape index (κ3) is 4.33. The summed E-state index contributed by atoms with van der Waals surface area (Å²) in [7, 11) is 0. The molecule has 0 amide bonds. The zero-order valence-corrected chi connectivity index (χ0v) is 11.5. The molecule has 4 nitrogen and oxygen atoms in total. The van der Waals surface area contributed by atoms with E-state index >= 15 is 0 Å². The average Bonchev–Trinajstić information content (AvgIpc) is 2.77. The summed E-state index contributed by atoms with van der Waals surface area (Å²) in [6, 6.07) is 0. The molecule has 0 bridgehead atoms. The third-order valence-corrected chi connectivity index (χ3v) is 3.34. The molecule has 98 valence electrons. The van der Waals surface area contributed by atoms with E-state index in [2.05, 4.69) is 23.8 Å². The molecule has 0 atom stereocenters. The van der Waals surface area contributed by atoms with Crippen molar-refractivity contribution in [2.24, 2.45) is 0 Å². The highest BCUT2D eigenvalue weighted by molar-refractivity contribution is 7.15. The van der Waals surface area contributed by atoms with Gasteiger partial charge in [-0.15, -0.1) is 11.3 Å². The zero-order valence-electron chi connectivity index (χ0n) is 10.7. The number of ether oxygens (including phenoxy) is 1. The lowest BCUT2D eigenvalue weighted by Gasteiger charge is -2.02. The average molecular weight is 266 g/mol. The van der Waals surface area contributed by atoms with Crippen LogP contribution in [-0.2, 0) is 16.0 Å². The van der Waals surface area contributed by atoms with Gasteiger partial charge in [-0.1, -0.05) is 19.6 Å². The summed E-state index contributed by atoms with van der Waals surface area (Å²) in [5.74, 6) is -0.403. The summed E-state index contributed by atoms with van der Waals surface area (Å²) in [5, 5.41) is 4.00. The van der Waals surface area contributed by atoms with Gasteiger partial charge in [0.05, 0.1) is 12.2 Å².